The number of carbonyl (C=O) groups is 1. The van der Waals surface area contributed by atoms with E-state index in [2.05, 4.69) is 15.9 Å². The molecule has 1 fully saturated rings. The number of hydrogen-bond acceptors (Lipinski definition) is 4. The molecule has 3 rings (SSSR count). The standard InChI is InChI=1S/C21H26N2O2/c1-18(24)20-7-5-6-19(16-20)17-23-12-10-22(11-13-23)14-15-25-21-8-3-2-4-9-21/h2-9,16H,10-15,17H2,1H3. The minimum Gasteiger partial charge on any atom is -0.492 e. The first-order valence-electron chi connectivity index (χ1n) is 8.93. The highest BCUT2D eigenvalue weighted by atomic mass is 16.5. The minimum absolute atomic E-state index is 0.130. The van der Waals surface area contributed by atoms with Crippen LogP contribution in [0.3, 0.4) is 0 Å². The molecule has 0 radical (unpaired) electrons. The maximum absolute atomic E-state index is 11.5. The number of benzene rings is 2. The first-order chi connectivity index (χ1) is 12.2. The summed E-state index contributed by atoms with van der Waals surface area (Å²) in [5, 5.41) is 0. The van der Waals surface area contributed by atoms with Crippen molar-refractivity contribution in [3.63, 3.8) is 0 Å². The van der Waals surface area contributed by atoms with Crippen molar-refractivity contribution in [2.24, 2.45) is 0 Å². The molecule has 1 aliphatic rings. The lowest BCUT2D eigenvalue weighted by Crippen LogP contribution is -2.47. The maximum atomic E-state index is 11.5. The van der Waals surface area contributed by atoms with Gasteiger partial charge in [-0.15, -0.1) is 0 Å². The summed E-state index contributed by atoms with van der Waals surface area (Å²) in [6.45, 7) is 8.44. The molecule has 25 heavy (non-hydrogen) atoms. The third-order valence-electron chi connectivity index (χ3n) is 4.62. The molecule has 0 amide bonds. The Kier molecular flexibility index (Phi) is 6.20. The molecule has 0 N–H and O–H groups in total. The second-order valence-corrected chi connectivity index (χ2v) is 6.54. The fourth-order valence-corrected chi connectivity index (χ4v) is 3.13. The monoisotopic (exact) mass is 338 g/mol. The Morgan fingerprint density at radius 1 is 0.960 bits per heavy atom. The lowest BCUT2D eigenvalue weighted by molar-refractivity contribution is 0.101. The lowest BCUT2D eigenvalue weighted by Gasteiger charge is -2.34. The van der Waals surface area contributed by atoms with Gasteiger partial charge in [-0.05, 0) is 30.7 Å². The summed E-state index contributed by atoms with van der Waals surface area (Å²) in [6, 6.07) is 18.0. The quantitative estimate of drug-likeness (QED) is 0.727. The molecule has 2 aromatic carbocycles. The largest absolute Gasteiger partial charge is 0.492 e. The van der Waals surface area contributed by atoms with E-state index in [0.717, 1.165) is 57.2 Å². The molecule has 0 spiro atoms. The average molecular weight is 338 g/mol. The number of rotatable bonds is 7. The molecule has 2 aromatic rings. The van der Waals surface area contributed by atoms with Crippen molar-refractivity contribution in [2.75, 3.05) is 39.3 Å². The molecule has 0 saturated carbocycles. The minimum atomic E-state index is 0.130. The number of ketones is 1. The van der Waals surface area contributed by atoms with Crippen molar-refractivity contribution >= 4 is 5.78 Å². The zero-order valence-corrected chi connectivity index (χ0v) is 14.9. The normalized spacial score (nSPS) is 15.9. The third kappa shape index (κ3) is 5.41. The van der Waals surface area contributed by atoms with Gasteiger partial charge in [0.1, 0.15) is 12.4 Å². The van der Waals surface area contributed by atoms with Crippen molar-refractivity contribution in [1.82, 2.24) is 9.80 Å². The smallest absolute Gasteiger partial charge is 0.159 e. The van der Waals surface area contributed by atoms with Gasteiger partial charge in [-0.3, -0.25) is 14.6 Å². The Hall–Kier alpha value is -2.17. The summed E-state index contributed by atoms with van der Waals surface area (Å²) >= 11 is 0. The molecule has 132 valence electrons. The van der Waals surface area contributed by atoms with Crippen molar-refractivity contribution in [3.8, 4) is 5.75 Å². The molecule has 0 unspecified atom stereocenters. The molecular weight excluding hydrogens is 312 g/mol. The SMILES string of the molecule is CC(=O)c1cccc(CN2CCN(CCOc3ccccc3)CC2)c1. The van der Waals surface area contributed by atoms with Crippen LogP contribution in [0.25, 0.3) is 0 Å². The van der Waals surface area contributed by atoms with Crippen molar-refractivity contribution < 1.29 is 9.53 Å². The van der Waals surface area contributed by atoms with Gasteiger partial charge in [-0.25, -0.2) is 0 Å². The zero-order chi connectivity index (χ0) is 17.5. The van der Waals surface area contributed by atoms with Crippen LogP contribution in [0.2, 0.25) is 0 Å². The Labute approximate surface area is 150 Å². The predicted molar refractivity (Wildman–Crippen MR) is 100 cm³/mol. The Bertz CT molecular complexity index is 679. The molecule has 4 heteroatoms. The number of nitrogens with zero attached hydrogens (tertiary/aromatic N) is 2. The Morgan fingerprint density at radius 3 is 2.40 bits per heavy atom. The van der Waals surface area contributed by atoms with Gasteiger partial charge in [0, 0.05) is 44.8 Å². The summed E-state index contributed by atoms with van der Waals surface area (Å²) in [7, 11) is 0. The van der Waals surface area contributed by atoms with Crippen LogP contribution >= 0.6 is 0 Å². The van der Waals surface area contributed by atoms with E-state index in [-0.39, 0.29) is 5.78 Å². The van der Waals surface area contributed by atoms with Crippen LogP contribution < -0.4 is 4.74 Å². The van der Waals surface area contributed by atoms with Crippen LogP contribution in [0.5, 0.6) is 5.75 Å². The van der Waals surface area contributed by atoms with Crippen molar-refractivity contribution in [1.29, 1.82) is 0 Å². The van der Waals surface area contributed by atoms with E-state index in [0.29, 0.717) is 0 Å². The highest BCUT2D eigenvalue weighted by Crippen LogP contribution is 2.12. The fourth-order valence-electron chi connectivity index (χ4n) is 3.13. The molecule has 4 nitrogen and oxygen atoms in total. The molecule has 0 aromatic heterocycles. The second kappa shape index (κ2) is 8.79. The summed E-state index contributed by atoms with van der Waals surface area (Å²) in [5.41, 5.74) is 2.02. The number of piperazine rings is 1. The van der Waals surface area contributed by atoms with E-state index >= 15 is 0 Å². The van der Waals surface area contributed by atoms with Crippen LogP contribution in [0, 0.1) is 0 Å². The molecule has 1 saturated heterocycles. The second-order valence-electron chi connectivity index (χ2n) is 6.54. The van der Waals surface area contributed by atoms with Crippen LogP contribution in [0.4, 0.5) is 0 Å². The van der Waals surface area contributed by atoms with E-state index in [1.54, 1.807) is 6.92 Å². The van der Waals surface area contributed by atoms with Gasteiger partial charge >= 0.3 is 0 Å². The first kappa shape index (κ1) is 17.6. The molecule has 0 atom stereocenters. The van der Waals surface area contributed by atoms with E-state index in [1.807, 2.05) is 48.5 Å². The van der Waals surface area contributed by atoms with Gasteiger partial charge in [-0.1, -0.05) is 36.4 Å². The van der Waals surface area contributed by atoms with Gasteiger partial charge in [0.25, 0.3) is 0 Å². The topological polar surface area (TPSA) is 32.8 Å². The van der Waals surface area contributed by atoms with Crippen LogP contribution in [-0.4, -0.2) is 54.9 Å². The van der Waals surface area contributed by atoms with Gasteiger partial charge in [0.2, 0.25) is 0 Å². The van der Waals surface area contributed by atoms with Gasteiger partial charge in [0.05, 0.1) is 0 Å². The van der Waals surface area contributed by atoms with E-state index in [4.69, 9.17) is 4.74 Å². The van der Waals surface area contributed by atoms with Gasteiger partial charge in [-0.2, -0.15) is 0 Å². The predicted octanol–water partition coefficient (Wildman–Crippen LogP) is 3.09. The number of ether oxygens (including phenoxy) is 1. The summed E-state index contributed by atoms with van der Waals surface area (Å²) in [6.07, 6.45) is 0. The maximum Gasteiger partial charge on any atom is 0.159 e. The number of carbonyl (C=O) groups excluding carboxylic acids is 1. The summed E-state index contributed by atoms with van der Waals surface area (Å²) in [4.78, 5) is 16.4. The highest BCUT2D eigenvalue weighted by molar-refractivity contribution is 5.94. The number of para-hydroxylation sites is 1. The van der Waals surface area contributed by atoms with E-state index in [9.17, 15) is 4.79 Å². The number of Topliss-reactive ketones (excluding diaryl/α,β-unsaturated/α-hetero) is 1. The fraction of sp³-hybridized carbons (Fsp3) is 0.381. The molecule has 1 aliphatic heterocycles. The van der Waals surface area contributed by atoms with Gasteiger partial charge in [0.15, 0.2) is 5.78 Å². The summed E-state index contributed by atoms with van der Waals surface area (Å²) in [5.74, 6) is 1.07. The lowest BCUT2D eigenvalue weighted by atomic mass is 10.1. The molecule has 1 heterocycles. The first-order valence-corrected chi connectivity index (χ1v) is 8.93. The third-order valence-corrected chi connectivity index (χ3v) is 4.62. The summed E-state index contributed by atoms with van der Waals surface area (Å²) < 4.78 is 5.78. The number of hydrogen-bond donors (Lipinski definition) is 0. The molecule has 0 bridgehead atoms. The van der Waals surface area contributed by atoms with E-state index < -0.39 is 0 Å². The Balaban J connectivity index is 1.40. The van der Waals surface area contributed by atoms with Gasteiger partial charge < -0.3 is 4.74 Å². The van der Waals surface area contributed by atoms with Crippen LogP contribution in [0.15, 0.2) is 54.6 Å². The zero-order valence-electron chi connectivity index (χ0n) is 14.9. The average Bonchev–Trinajstić information content (AvgIpc) is 2.64. The van der Waals surface area contributed by atoms with Crippen molar-refractivity contribution in [3.05, 3.63) is 65.7 Å². The molecular formula is C21H26N2O2. The van der Waals surface area contributed by atoms with Crippen molar-refractivity contribution in [2.45, 2.75) is 13.5 Å². The Morgan fingerprint density at radius 2 is 1.68 bits per heavy atom. The van der Waals surface area contributed by atoms with Crippen LogP contribution in [0.1, 0.15) is 22.8 Å². The van der Waals surface area contributed by atoms with Crippen LogP contribution in [-0.2, 0) is 6.54 Å². The van der Waals surface area contributed by atoms with E-state index in [1.165, 1.54) is 5.56 Å². The molecule has 0 aliphatic carbocycles. The highest BCUT2D eigenvalue weighted by Gasteiger charge is 2.17.